The molecule has 0 radical (unpaired) electrons. The number of aromatic nitrogens is 2. The lowest BCUT2D eigenvalue weighted by Crippen LogP contribution is -2.05. The van der Waals surface area contributed by atoms with Gasteiger partial charge >= 0.3 is 5.69 Å². The number of anilines is 3. The van der Waals surface area contributed by atoms with Crippen molar-refractivity contribution in [3.05, 3.63) is 52.2 Å². The van der Waals surface area contributed by atoms with E-state index in [0.717, 1.165) is 6.07 Å². The first-order valence-electron chi connectivity index (χ1n) is 7.37. The smallest absolute Gasteiger partial charge is 0.320 e. The Kier molecular flexibility index (Phi) is 4.48. The minimum absolute atomic E-state index is 0.0406. The average molecular weight is 361 g/mol. The normalized spacial score (nSPS) is 10.6. The molecule has 1 aromatic heterocycles. The van der Waals surface area contributed by atoms with E-state index in [9.17, 15) is 18.9 Å². The predicted octanol–water partition coefficient (Wildman–Crippen LogP) is 3.61. The standard InChI is InChI=1S/C16H13F2N5O3/c1-19-9-4-3-8(17)14(13(9)18)21-11-6-5-10-15(16(11)23(24)25)22-12(26-2)7-20-10/h3-7,19,21H,1-2H3. The summed E-state index contributed by atoms with van der Waals surface area (Å²) in [6.45, 7) is 0. The Morgan fingerprint density at radius 1 is 1.19 bits per heavy atom. The molecule has 0 amide bonds. The van der Waals surface area contributed by atoms with Gasteiger partial charge in [0.2, 0.25) is 5.88 Å². The number of rotatable bonds is 5. The number of hydrogen-bond donors (Lipinski definition) is 2. The molecule has 0 saturated heterocycles. The Morgan fingerprint density at radius 3 is 2.58 bits per heavy atom. The molecule has 3 rings (SSSR count). The van der Waals surface area contributed by atoms with Gasteiger partial charge < -0.3 is 15.4 Å². The Balaban J connectivity index is 2.20. The first-order chi connectivity index (χ1) is 12.5. The highest BCUT2D eigenvalue weighted by Gasteiger charge is 2.24. The number of nitrogens with zero attached hydrogens (tertiary/aromatic N) is 3. The fourth-order valence-electron chi connectivity index (χ4n) is 2.43. The first kappa shape index (κ1) is 17.3. The van der Waals surface area contributed by atoms with Crippen LogP contribution in [-0.2, 0) is 0 Å². The molecule has 0 aliphatic carbocycles. The fourth-order valence-corrected chi connectivity index (χ4v) is 2.43. The molecule has 0 aliphatic heterocycles. The van der Waals surface area contributed by atoms with Crippen LogP contribution in [0.5, 0.6) is 5.88 Å². The molecule has 0 spiro atoms. The maximum absolute atomic E-state index is 14.4. The number of halogens is 2. The van der Waals surface area contributed by atoms with Gasteiger partial charge in [-0.05, 0) is 24.3 Å². The number of benzene rings is 2. The van der Waals surface area contributed by atoms with E-state index in [1.807, 2.05) is 0 Å². The maximum Gasteiger partial charge on any atom is 0.320 e. The van der Waals surface area contributed by atoms with E-state index in [4.69, 9.17) is 4.74 Å². The van der Waals surface area contributed by atoms with Crippen molar-refractivity contribution >= 4 is 33.8 Å². The van der Waals surface area contributed by atoms with E-state index >= 15 is 0 Å². The number of nitrogens with one attached hydrogen (secondary N) is 2. The molecule has 1 heterocycles. The molecule has 2 aromatic carbocycles. The van der Waals surface area contributed by atoms with Crippen LogP contribution in [0.25, 0.3) is 11.0 Å². The van der Waals surface area contributed by atoms with Gasteiger partial charge in [-0.3, -0.25) is 10.1 Å². The van der Waals surface area contributed by atoms with Crippen molar-refractivity contribution in [2.45, 2.75) is 0 Å². The van der Waals surface area contributed by atoms with Crippen molar-refractivity contribution in [1.29, 1.82) is 0 Å². The average Bonchev–Trinajstić information content (AvgIpc) is 2.64. The second-order valence-corrected chi connectivity index (χ2v) is 5.16. The van der Waals surface area contributed by atoms with Crippen molar-refractivity contribution in [2.24, 2.45) is 0 Å². The maximum atomic E-state index is 14.4. The number of hydrogen-bond acceptors (Lipinski definition) is 7. The molecular weight excluding hydrogens is 348 g/mol. The molecule has 8 nitrogen and oxygen atoms in total. The van der Waals surface area contributed by atoms with E-state index < -0.39 is 27.9 Å². The summed E-state index contributed by atoms with van der Waals surface area (Å²) in [4.78, 5) is 18.9. The van der Waals surface area contributed by atoms with Gasteiger partial charge in [-0.15, -0.1) is 0 Å². The van der Waals surface area contributed by atoms with E-state index in [2.05, 4.69) is 20.6 Å². The summed E-state index contributed by atoms with van der Waals surface area (Å²) < 4.78 is 33.4. The highest BCUT2D eigenvalue weighted by molar-refractivity contribution is 5.92. The van der Waals surface area contributed by atoms with Crippen LogP contribution in [0.3, 0.4) is 0 Å². The number of fused-ring (bicyclic) bond motifs is 1. The topological polar surface area (TPSA) is 102 Å². The fraction of sp³-hybridized carbons (Fsp3) is 0.125. The van der Waals surface area contributed by atoms with Crippen LogP contribution >= 0.6 is 0 Å². The van der Waals surface area contributed by atoms with E-state index in [-0.39, 0.29) is 28.3 Å². The monoisotopic (exact) mass is 361 g/mol. The number of nitro benzene ring substituents is 1. The van der Waals surface area contributed by atoms with E-state index in [1.54, 1.807) is 0 Å². The van der Waals surface area contributed by atoms with E-state index in [0.29, 0.717) is 0 Å². The zero-order chi connectivity index (χ0) is 18.8. The van der Waals surface area contributed by atoms with Crippen LogP contribution in [-0.4, -0.2) is 29.0 Å². The van der Waals surface area contributed by atoms with Gasteiger partial charge in [0.15, 0.2) is 11.3 Å². The van der Waals surface area contributed by atoms with E-state index in [1.165, 1.54) is 38.6 Å². The molecule has 26 heavy (non-hydrogen) atoms. The van der Waals surface area contributed by atoms with Crippen molar-refractivity contribution in [3.63, 3.8) is 0 Å². The zero-order valence-electron chi connectivity index (χ0n) is 13.7. The third kappa shape index (κ3) is 2.92. The van der Waals surface area contributed by atoms with Crippen molar-refractivity contribution in [3.8, 4) is 5.88 Å². The summed E-state index contributed by atoms with van der Waals surface area (Å²) in [6, 6.07) is 5.04. The van der Waals surface area contributed by atoms with Gasteiger partial charge in [-0.1, -0.05) is 0 Å². The van der Waals surface area contributed by atoms with Crippen molar-refractivity contribution < 1.29 is 18.4 Å². The van der Waals surface area contributed by atoms with Crippen LogP contribution in [0.1, 0.15) is 0 Å². The Morgan fingerprint density at radius 2 is 1.92 bits per heavy atom. The van der Waals surface area contributed by atoms with Crippen LogP contribution in [0.4, 0.5) is 31.5 Å². The van der Waals surface area contributed by atoms with Crippen LogP contribution in [0.15, 0.2) is 30.5 Å². The lowest BCUT2D eigenvalue weighted by Gasteiger charge is -2.12. The molecule has 10 heteroatoms. The Bertz CT molecular complexity index is 1010. The lowest BCUT2D eigenvalue weighted by atomic mass is 10.2. The third-order valence-corrected chi connectivity index (χ3v) is 3.68. The summed E-state index contributed by atoms with van der Waals surface area (Å²) in [5, 5.41) is 16.6. The quantitative estimate of drug-likeness (QED) is 0.529. The molecule has 2 N–H and O–H groups in total. The second kappa shape index (κ2) is 6.75. The van der Waals surface area contributed by atoms with Crippen LogP contribution < -0.4 is 15.4 Å². The minimum atomic E-state index is -0.904. The van der Waals surface area contributed by atoms with Crippen molar-refractivity contribution in [2.75, 3.05) is 24.8 Å². The molecule has 3 aromatic rings. The van der Waals surface area contributed by atoms with Crippen molar-refractivity contribution in [1.82, 2.24) is 9.97 Å². The van der Waals surface area contributed by atoms with Gasteiger partial charge in [-0.25, -0.2) is 18.7 Å². The van der Waals surface area contributed by atoms with Crippen LogP contribution in [0.2, 0.25) is 0 Å². The van der Waals surface area contributed by atoms with Gasteiger partial charge in [0.1, 0.15) is 17.2 Å². The molecule has 0 aliphatic rings. The van der Waals surface area contributed by atoms with Crippen LogP contribution in [0, 0.1) is 21.7 Å². The summed E-state index contributed by atoms with van der Waals surface area (Å²) in [6.07, 6.45) is 1.31. The number of nitro groups is 1. The SMILES string of the molecule is CNc1ccc(F)c(Nc2ccc3ncc(OC)nc3c2[N+](=O)[O-])c1F. The first-order valence-corrected chi connectivity index (χ1v) is 7.37. The third-order valence-electron chi connectivity index (χ3n) is 3.68. The minimum Gasteiger partial charge on any atom is -0.480 e. The van der Waals surface area contributed by atoms with Gasteiger partial charge in [0, 0.05) is 7.05 Å². The predicted molar refractivity (Wildman–Crippen MR) is 91.9 cm³/mol. The summed E-state index contributed by atoms with van der Waals surface area (Å²) in [5.74, 6) is -1.72. The molecule has 0 unspecified atom stereocenters. The molecular formula is C16H13F2N5O3. The molecule has 0 atom stereocenters. The van der Waals surface area contributed by atoms with Gasteiger partial charge in [0.25, 0.3) is 0 Å². The van der Waals surface area contributed by atoms with Gasteiger partial charge in [-0.2, -0.15) is 0 Å². The molecule has 0 fully saturated rings. The number of methoxy groups -OCH3 is 1. The Hall–Kier alpha value is -3.56. The summed E-state index contributed by atoms with van der Waals surface area (Å²) in [5.41, 5.74) is -0.898. The lowest BCUT2D eigenvalue weighted by molar-refractivity contribution is -0.382. The molecule has 134 valence electrons. The number of ether oxygens (including phenoxy) is 1. The summed E-state index contributed by atoms with van der Waals surface area (Å²) in [7, 11) is 2.82. The largest absolute Gasteiger partial charge is 0.480 e. The zero-order valence-corrected chi connectivity index (χ0v) is 13.7. The molecule has 0 saturated carbocycles. The Labute approximate surface area is 146 Å². The summed E-state index contributed by atoms with van der Waals surface area (Å²) >= 11 is 0. The molecule has 0 bridgehead atoms. The highest BCUT2D eigenvalue weighted by atomic mass is 19.1. The van der Waals surface area contributed by atoms with Gasteiger partial charge in [0.05, 0.1) is 29.4 Å². The highest BCUT2D eigenvalue weighted by Crippen LogP contribution is 2.36. The second-order valence-electron chi connectivity index (χ2n) is 5.16.